The maximum atomic E-state index is 14.4. The lowest BCUT2D eigenvalue weighted by molar-refractivity contribution is 0.208. The number of hydrogen-bond acceptors (Lipinski definition) is 6. The van der Waals surface area contributed by atoms with Crippen LogP contribution in [0, 0.1) is 11.6 Å². The first kappa shape index (κ1) is 19.5. The lowest BCUT2D eigenvalue weighted by atomic mass is 10.2. The van der Waals surface area contributed by atoms with Gasteiger partial charge in [0, 0.05) is 17.0 Å². The molecule has 0 radical (unpaired) electrons. The van der Waals surface area contributed by atoms with Crippen molar-refractivity contribution >= 4 is 38.8 Å². The van der Waals surface area contributed by atoms with Crippen molar-refractivity contribution in [2.24, 2.45) is 5.73 Å². The maximum Gasteiger partial charge on any atom is 0.266 e. The zero-order valence-electron chi connectivity index (χ0n) is 13.4. The first-order chi connectivity index (χ1) is 12.8. The van der Waals surface area contributed by atoms with E-state index in [1.54, 1.807) is 6.07 Å². The Bertz CT molecular complexity index is 1060. The number of thiazole rings is 1. The number of rotatable bonds is 6. The number of nitrogens with two attached hydrogens (primary N) is 1. The van der Waals surface area contributed by atoms with Gasteiger partial charge in [-0.15, -0.1) is 11.3 Å². The molecule has 0 aliphatic heterocycles. The number of nitrogens with one attached hydrogen (secondary N) is 1. The molecule has 0 amide bonds. The van der Waals surface area contributed by atoms with Gasteiger partial charge in [-0.25, -0.2) is 22.2 Å². The molecule has 0 fully saturated rings. The van der Waals surface area contributed by atoms with Crippen LogP contribution >= 0.6 is 22.9 Å². The lowest BCUT2D eigenvalue weighted by Crippen LogP contribution is -2.19. The van der Waals surface area contributed by atoms with Crippen LogP contribution in [0.1, 0.15) is 11.8 Å². The molecule has 1 aromatic heterocycles. The summed E-state index contributed by atoms with van der Waals surface area (Å²) < 4.78 is 60.2. The summed E-state index contributed by atoms with van der Waals surface area (Å²) in [6.07, 6.45) is -1.27. The molecule has 3 N–H and O–H groups in total. The Morgan fingerprint density at radius 1 is 1.22 bits per heavy atom. The van der Waals surface area contributed by atoms with Gasteiger partial charge in [0.1, 0.15) is 22.3 Å². The summed E-state index contributed by atoms with van der Waals surface area (Å²) in [6.45, 7) is 0. The summed E-state index contributed by atoms with van der Waals surface area (Å²) in [7, 11) is -4.25. The number of aromatic nitrogens is 1. The number of halogens is 3. The second kappa shape index (κ2) is 7.77. The Balaban J connectivity index is 1.88. The van der Waals surface area contributed by atoms with E-state index in [0.29, 0.717) is 0 Å². The van der Waals surface area contributed by atoms with E-state index < -0.39 is 32.8 Å². The van der Waals surface area contributed by atoms with E-state index in [-0.39, 0.29) is 22.2 Å². The fourth-order valence-electron chi connectivity index (χ4n) is 2.17. The molecule has 0 bridgehead atoms. The van der Waals surface area contributed by atoms with E-state index >= 15 is 0 Å². The van der Waals surface area contributed by atoms with Crippen molar-refractivity contribution < 1.29 is 21.9 Å². The molecule has 0 aliphatic rings. The molecule has 0 aliphatic carbocycles. The van der Waals surface area contributed by atoms with E-state index in [0.717, 1.165) is 12.1 Å². The third-order valence-electron chi connectivity index (χ3n) is 3.41. The third-order valence-corrected chi connectivity index (χ3v) is 5.66. The van der Waals surface area contributed by atoms with Crippen molar-refractivity contribution in [2.45, 2.75) is 11.1 Å². The summed E-state index contributed by atoms with van der Waals surface area (Å²) in [5.74, 6) is -1.89. The Hall–Kier alpha value is -2.27. The van der Waals surface area contributed by atoms with Crippen molar-refractivity contribution in [1.82, 2.24) is 4.98 Å². The van der Waals surface area contributed by atoms with Crippen LogP contribution in [0.5, 0.6) is 5.75 Å². The molecule has 1 heterocycles. The van der Waals surface area contributed by atoms with Crippen molar-refractivity contribution in [3.63, 3.8) is 0 Å². The first-order valence-corrected chi connectivity index (χ1v) is 10.1. The van der Waals surface area contributed by atoms with Crippen molar-refractivity contribution in [1.29, 1.82) is 0 Å². The third kappa shape index (κ3) is 4.35. The highest BCUT2D eigenvalue weighted by Crippen LogP contribution is 2.33. The smallest absolute Gasteiger partial charge is 0.266 e. The van der Waals surface area contributed by atoms with E-state index in [2.05, 4.69) is 9.71 Å². The largest absolute Gasteiger partial charge is 0.470 e. The highest BCUT2D eigenvalue weighted by Gasteiger charge is 2.24. The molecule has 0 saturated carbocycles. The summed E-state index contributed by atoms with van der Waals surface area (Å²) in [4.78, 5) is 3.09. The molecule has 142 valence electrons. The minimum absolute atomic E-state index is 0.0378. The average Bonchev–Trinajstić information content (AvgIpc) is 3.10. The van der Waals surface area contributed by atoms with E-state index in [9.17, 15) is 17.2 Å². The number of benzene rings is 2. The summed E-state index contributed by atoms with van der Waals surface area (Å²) in [5.41, 5.74) is 7.24. The van der Waals surface area contributed by atoms with Gasteiger partial charge in [0.2, 0.25) is 0 Å². The molecule has 0 saturated heterocycles. The SMILES string of the molecule is N[C@H](Oc1cc(F)c(S(=O)(=O)Nc2cscn2)cc1Cl)c1ccccc1F. The molecular weight excluding hydrogens is 420 g/mol. The Labute approximate surface area is 162 Å². The molecule has 2 aromatic carbocycles. The average molecular weight is 432 g/mol. The fraction of sp³-hybridized carbons (Fsp3) is 0.0625. The molecule has 1 atom stereocenters. The standard InChI is InChI=1S/C16H12ClF2N3O3S2/c17-10-5-14(27(23,24)22-15-7-26-8-21-15)12(19)6-13(10)25-16(20)9-3-1-2-4-11(9)18/h1-8,16,22H,20H2/t16-/m1/s1. The van der Waals surface area contributed by atoms with Crippen molar-refractivity contribution in [3.8, 4) is 5.75 Å². The van der Waals surface area contributed by atoms with Gasteiger partial charge in [-0.3, -0.25) is 10.5 Å². The van der Waals surface area contributed by atoms with E-state index in [1.807, 2.05) is 0 Å². The Kier molecular flexibility index (Phi) is 5.61. The summed E-state index contributed by atoms with van der Waals surface area (Å²) in [5, 5.41) is 1.24. The van der Waals surface area contributed by atoms with Gasteiger partial charge < -0.3 is 4.74 Å². The predicted octanol–water partition coefficient (Wildman–Crippen LogP) is 3.91. The lowest BCUT2D eigenvalue weighted by Gasteiger charge is -2.17. The van der Waals surface area contributed by atoms with Crippen LogP contribution in [0.2, 0.25) is 5.02 Å². The van der Waals surface area contributed by atoms with Crippen LogP contribution in [0.4, 0.5) is 14.6 Å². The number of anilines is 1. The van der Waals surface area contributed by atoms with E-state index in [4.69, 9.17) is 22.1 Å². The normalized spacial score (nSPS) is 12.6. The minimum Gasteiger partial charge on any atom is -0.470 e. The van der Waals surface area contributed by atoms with Gasteiger partial charge in [0.25, 0.3) is 10.0 Å². The molecule has 11 heteroatoms. The quantitative estimate of drug-likeness (QED) is 0.577. The van der Waals surface area contributed by atoms with Gasteiger partial charge in [-0.2, -0.15) is 0 Å². The maximum absolute atomic E-state index is 14.4. The van der Waals surface area contributed by atoms with Crippen molar-refractivity contribution in [2.75, 3.05) is 4.72 Å². The Morgan fingerprint density at radius 3 is 2.63 bits per heavy atom. The zero-order chi connectivity index (χ0) is 19.6. The van der Waals surface area contributed by atoms with Crippen LogP contribution < -0.4 is 15.2 Å². The molecule has 0 unspecified atom stereocenters. The van der Waals surface area contributed by atoms with Crippen LogP contribution in [0.15, 0.2) is 52.2 Å². The van der Waals surface area contributed by atoms with Gasteiger partial charge >= 0.3 is 0 Å². The second-order valence-corrected chi connectivity index (χ2v) is 8.03. The first-order valence-electron chi connectivity index (χ1n) is 7.34. The highest BCUT2D eigenvalue weighted by molar-refractivity contribution is 7.92. The van der Waals surface area contributed by atoms with Gasteiger partial charge in [0.15, 0.2) is 12.0 Å². The second-order valence-electron chi connectivity index (χ2n) is 5.25. The number of hydrogen-bond donors (Lipinski definition) is 2. The molecular formula is C16H12ClF2N3O3S2. The monoisotopic (exact) mass is 431 g/mol. The van der Waals surface area contributed by atoms with Gasteiger partial charge in [-0.1, -0.05) is 29.8 Å². The van der Waals surface area contributed by atoms with Crippen LogP contribution in [-0.4, -0.2) is 13.4 Å². The summed E-state index contributed by atoms with van der Waals surface area (Å²) >= 11 is 7.18. The zero-order valence-corrected chi connectivity index (χ0v) is 15.8. The highest BCUT2D eigenvalue weighted by atomic mass is 35.5. The molecule has 0 spiro atoms. The molecule has 3 rings (SSSR count). The topological polar surface area (TPSA) is 94.3 Å². The molecule has 27 heavy (non-hydrogen) atoms. The number of sulfonamides is 1. The van der Waals surface area contributed by atoms with Gasteiger partial charge in [0.05, 0.1) is 10.5 Å². The van der Waals surface area contributed by atoms with Gasteiger partial charge in [-0.05, 0) is 12.1 Å². The fourth-order valence-corrected chi connectivity index (χ4v) is 4.09. The number of nitrogens with zero attached hydrogens (tertiary/aromatic N) is 1. The number of ether oxygens (including phenoxy) is 1. The molecule has 3 aromatic rings. The van der Waals surface area contributed by atoms with Crippen LogP contribution in [0.25, 0.3) is 0 Å². The van der Waals surface area contributed by atoms with Crippen LogP contribution in [-0.2, 0) is 10.0 Å². The van der Waals surface area contributed by atoms with Crippen LogP contribution in [0.3, 0.4) is 0 Å². The minimum atomic E-state index is -4.25. The summed E-state index contributed by atoms with van der Waals surface area (Å²) in [6, 6.07) is 7.30. The van der Waals surface area contributed by atoms with E-state index in [1.165, 1.54) is 40.4 Å². The Morgan fingerprint density at radius 2 is 1.96 bits per heavy atom. The van der Waals surface area contributed by atoms with Crippen molar-refractivity contribution in [3.05, 3.63) is 69.5 Å². The predicted molar refractivity (Wildman–Crippen MR) is 98.3 cm³/mol. The molecule has 6 nitrogen and oxygen atoms in total.